The van der Waals surface area contributed by atoms with Gasteiger partial charge in [-0.3, -0.25) is 4.21 Å². The highest BCUT2D eigenvalue weighted by atomic mass is 32.2. The number of hydrogen-bond acceptors (Lipinski definition) is 3. The van der Waals surface area contributed by atoms with Gasteiger partial charge in [0.2, 0.25) is 0 Å². The van der Waals surface area contributed by atoms with Crippen LogP contribution in [0.25, 0.3) is 22.3 Å². The molecule has 0 radical (unpaired) electrons. The summed E-state index contributed by atoms with van der Waals surface area (Å²) in [5.41, 5.74) is 6.76. The summed E-state index contributed by atoms with van der Waals surface area (Å²) < 4.78 is 15.4. The molecule has 1 aromatic heterocycles. The molecular weight excluding hydrogens is 426 g/mol. The Morgan fingerprint density at radius 2 is 1.39 bits per heavy atom. The van der Waals surface area contributed by atoms with Crippen molar-refractivity contribution in [2.24, 2.45) is 0 Å². The Labute approximate surface area is 195 Å². The quantitative estimate of drug-likeness (QED) is 0.300. The van der Waals surface area contributed by atoms with Crippen molar-refractivity contribution in [1.29, 1.82) is 0 Å². The Bertz CT molecular complexity index is 1440. The van der Waals surface area contributed by atoms with Crippen molar-refractivity contribution in [2.75, 3.05) is 5.75 Å². The number of aromatic nitrogens is 3. The van der Waals surface area contributed by atoms with Crippen LogP contribution in [0.5, 0.6) is 0 Å². The monoisotopic (exact) mass is 449 g/mol. The number of hydrogen-bond donors (Lipinski definition) is 0. The minimum Gasteiger partial charge on any atom is -0.254 e. The van der Waals surface area contributed by atoms with Gasteiger partial charge in [0.05, 0.1) is 27.8 Å². The molecule has 162 valence electrons. The van der Waals surface area contributed by atoms with Crippen molar-refractivity contribution < 1.29 is 4.21 Å². The van der Waals surface area contributed by atoms with Crippen molar-refractivity contribution >= 4 is 33.1 Å². The molecule has 33 heavy (non-hydrogen) atoms. The van der Waals surface area contributed by atoms with Crippen LogP contribution in [0, 0.1) is 6.92 Å². The summed E-state index contributed by atoms with van der Waals surface area (Å²) in [6.07, 6.45) is 0. The lowest BCUT2D eigenvalue weighted by Crippen LogP contribution is -2.10. The van der Waals surface area contributed by atoms with Gasteiger partial charge in [0.25, 0.3) is 0 Å². The zero-order valence-corrected chi connectivity index (χ0v) is 19.1. The standard InChI is InChI=1S/C28H23N3OS/c1-21-16-18-22(19-17-21)25(20-33(32)24-12-6-3-7-13-24)28(23-10-4-2-5-11-23)31-27-15-9-8-14-26(27)29-30-31/h2-19H,20H2,1H3/b28-25-. The number of benzene rings is 4. The second kappa shape index (κ2) is 9.35. The summed E-state index contributed by atoms with van der Waals surface area (Å²) in [5.74, 6) is 0.353. The Hall–Kier alpha value is -3.83. The first-order chi connectivity index (χ1) is 16.2. The molecule has 0 bridgehead atoms. The molecule has 0 amide bonds. The van der Waals surface area contributed by atoms with Gasteiger partial charge >= 0.3 is 0 Å². The molecular formula is C28H23N3OS. The fourth-order valence-electron chi connectivity index (χ4n) is 3.88. The smallest absolute Gasteiger partial charge is 0.113 e. The highest BCUT2D eigenvalue weighted by Gasteiger charge is 2.20. The molecule has 0 spiro atoms. The molecule has 0 fully saturated rings. The zero-order valence-electron chi connectivity index (χ0n) is 18.3. The van der Waals surface area contributed by atoms with Crippen molar-refractivity contribution in [1.82, 2.24) is 15.0 Å². The van der Waals surface area contributed by atoms with E-state index in [-0.39, 0.29) is 0 Å². The normalized spacial score (nSPS) is 13.0. The Morgan fingerprint density at radius 3 is 2.12 bits per heavy atom. The van der Waals surface area contributed by atoms with Gasteiger partial charge in [0.15, 0.2) is 0 Å². The second-order valence-corrected chi connectivity index (χ2v) is 9.30. The van der Waals surface area contributed by atoms with E-state index in [9.17, 15) is 4.21 Å². The summed E-state index contributed by atoms with van der Waals surface area (Å²) in [6.45, 7) is 2.07. The maximum absolute atomic E-state index is 13.5. The number of aryl methyl sites for hydroxylation is 1. The summed E-state index contributed by atoms with van der Waals surface area (Å²) in [4.78, 5) is 0.804. The lowest BCUT2D eigenvalue weighted by atomic mass is 9.99. The van der Waals surface area contributed by atoms with Gasteiger partial charge in [-0.1, -0.05) is 95.7 Å². The molecule has 4 aromatic carbocycles. The van der Waals surface area contributed by atoms with Gasteiger partial charge < -0.3 is 0 Å². The average molecular weight is 450 g/mol. The molecule has 5 heteroatoms. The molecule has 0 aliphatic heterocycles. The lowest BCUT2D eigenvalue weighted by molar-refractivity contribution is 0.685. The van der Waals surface area contributed by atoms with Crippen LogP contribution in [0.4, 0.5) is 0 Å². The lowest BCUT2D eigenvalue weighted by Gasteiger charge is -2.17. The van der Waals surface area contributed by atoms with Gasteiger partial charge in [0.1, 0.15) is 5.52 Å². The second-order valence-electron chi connectivity index (χ2n) is 7.85. The predicted molar refractivity (Wildman–Crippen MR) is 135 cm³/mol. The number of rotatable bonds is 6. The first kappa shape index (κ1) is 21.0. The summed E-state index contributed by atoms with van der Waals surface area (Å²) in [7, 11) is -1.23. The molecule has 5 rings (SSSR count). The topological polar surface area (TPSA) is 47.8 Å². The molecule has 1 atom stereocenters. The highest BCUT2D eigenvalue weighted by molar-refractivity contribution is 7.85. The Morgan fingerprint density at radius 1 is 0.758 bits per heavy atom. The van der Waals surface area contributed by atoms with Gasteiger partial charge in [0, 0.05) is 10.5 Å². The molecule has 5 aromatic rings. The van der Waals surface area contributed by atoms with E-state index in [4.69, 9.17) is 0 Å². The van der Waals surface area contributed by atoms with E-state index in [2.05, 4.69) is 53.6 Å². The van der Waals surface area contributed by atoms with Crippen LogP contribution in [0.3, 0.4) is 0 Å². The van der Waals surface area contributed by atoms with Crippen LogP contribution < -0.4 is 0 Å². The fraction of sp³-hybridized carbons (Fsp3) is 0.0714. The van der Waals surface area contributed by atoms with Crippen molar-refractivity contribution in [3.63, 3.8) is 0 Å². The Balaban J connectivity index is 1.78. The van der Waals surface area contributed by atoms with Crippen LogP contribution >= 0.6 is 0 Å². The van der Waals surface area contributed by atoms with Gasteiger partial charge in [-0.05, 0) is 42.3 Å². The maximum Gasteiger partial charge on any atom is 0.113 e. The minimum absolute atomic E-state index is 0.353. The van der Waals surface area contributed by atoms with E-state index in [0.717, 1.165) is 38.3 Å². The van der Waals surface area contributed by atoms with E-state index in [0.29, 0.717) is 5.75 Å². The molecule has 0 aliphatic carbocycles. The van der Waals surface area contributed by atoms with Crippen LogP contribution in [-0.2, 0) is 10.8 Å². The number of fused-ring (bicyclic) bond motifs is 1. The SMILES string of the molecule is Cc1ccc(/C(CS(=O)c2ccccc2)=C(/c2ccccc2)n2nnc3ccccc32)cc1. The van der Waals surface area contributed by atoms with Crippen LogP contribution in [0.15, 0.2) is 114 Å². The molecule has 1 unspecified atom stereocenters. The summed E-state index contributed by atoms with van der Waals surface area (Å²) >= 11 is 0. The molecule has 4 nitrogen and oxygen atoms in total. The first-order valence-corrected chi connectivity index (χ1v) is 12.1. The zero-order chi connectivity index (χ0) is 22.6. The van der Waals surface area contributed by atoms with Gasteiger partial charge in [-0.2, -0.15) is 0 Å². The highest BCUT2D eigenvalue weighted by Crippen LogP contribution is 2.31. The van der Waals surface area contributed by atoms with E-state index in [1.165, 1.54) is 5.56 Å². The third-order valence-corrected chi connectivity index (χ3v) is 6.93. The predicted octanol–water partition coefficient (Wildman–Crippen LogP) is 5.96. The van der Waals surface area contributed by atoms with Crippen LogP contribution in [0.2, 0.25) is 0 Å². The van der Waals surface area contributed by atoms with E-state index >= 15 is 0 Å². The molecule has 0 N–H and O–H groups in total. The molecule has 0 saturated carbocycles. The third kappa shape index (κ3) is 4.41. The Kier molecular flexibility index (Phi) is 5.96. The molecule has 0 aliphatic rings. The average Bonchev–Trinajstić information content (AvgIpc) is 3.29. The van der Waals surface area contributed by atoms with Crippen molar-refractivity contribution in [2.45, 2.75) is 11.8 Å². The van der Waals surface area contributed by atoms with E-state index < -0.39 is 10.8 Å². The first-order valence-electron chi connectivity index (χ1n) is 10.8. The number of nitrogens with zero attached hydrogens (tertiary/aromatic N) is 3. The molecule has 0 saturated heterocycles. The minimum atomic E-state index is -1.23. The number of para-hydroxylation sites is 1. The van der Waals surface area contributed by atoms with Gasteiger partial charge in [-0.15, -0.1) is 5.10 Å². The third-order valence-electron chi connectivity index (χ3n) is 5.58. The fourth-order valence-corrected chi connectivity index (χ4v) is 5.08. The summed E-state index contributed by atoms with van der Waals surface area (Å²) in [6, 6.07) is 36.0. The summed E-state index contributed by atoms with van der Waals surface area (Å²) in [5, 5.41) is 8.92. The largest absolute Gasteiger partial charge is 0.254 e. The van der Waals surface area contributed by atoms with Crippen LogP contribution in [0.1, 0.15) is 16.7 Å². The van der Waals surface area contributed by atoms with Gasteiger partial charge in [-0.25, -0.2) is 4.68 Å². The van der Waals surface area contributed by atoms with E-state index in [1.54, 1.807) is 0 Å². The van der Waals surface area contributed by atoms with Crippen molar-refractivity contribution in [3.05, 3.63) is 126 Å². The molecule has 1 heterocycles. The van der Waals surface area contributed by atoms with Crippen molar-refractivity contribution in [3.8, 4) is 0 Å². The maximum atomic E-state index is 13.5. The van der Waals surface area contributed by atoms with Crippen LogP contribution in [-0.4, -0.2) is 25.0 Å². The van der Waals surface area contributed by atoms with E-state index in [1.807, 2.05) is 77.5 Å².